The first-order valence-corrected chi connectivity index (χ1v) is 9.55. The molecule has 1 saturated carbocycles. The van der Waals surface area contributed by atoms with Gasteiger partial charge in [0.25, 0.3) is 0 Å². The highest BCUT2D eigenvalue weighted by Gasteiger charge is 2.45. The molecule has 2 aromatic rings. The third-order valence-electron chi connectivity index (χ3n) is 6.02. The molecular weight excluding hydrogens is 344 g/mol. The minimum atomic E-state index is 0. The first kappa shape index (κ1) is 19.4. The Labute approximate surface area is 163 Å². The van der Waals surface area contributed by atoms with E-state index in [2.05, 4.69) is 59.2 Å². The Kier molecular flexibility index (Phi) is 5.75. The maximum Gasteiger partial charge on any atom is 0.0638 e. The summed E-state index contributed by atoms with van der Waals surface area (Å²) in [6.07, 6.45) is 4.87. The standard InChI is InChI=1S/C21H30N4.ClH/c1-17-4-6-20(7-5-17)21(8-9-21)16-25-12-10-24(11-13-25)15-19-14-23(3)22-18(19)2;/h4-7,14H,8-13,15-16H2,1-3H3;1H. The summed E-state index contributed by atoms with van der Waals surface area (Å²) in [7, 11) is 2.01. The van der Waals surface area contributed by atoms with Gasteiger partial charge in [-0.15, -0.1) is 12.4 Å². The van der Waals surface area contributed by atoms with Crippen LogP contribution in [0.3, 0.4) is 0 Å². The van der Waals surface area contributed by atoms with Crippen LogP contribution in [0.5, 0.6) is 0 Å². The fourth-order valence-corrected chi connectivity index (χ4v) is 4.17. The molecule has 0 amide bonds. The van der Waals surface area contributed by atoms with E-state index in [1.54, 1.807) is 5.56 Å². The van der Waals surface area contributed by atoms with Crippen LogP contribution in [0.2, 0.25) is 0 Å². The maximum absolute atomic E-state index is 4.47. The lowest BCUT2D eigenvalue weighted by molar-refractivity contribution is 0.119. The Balaban J connectivity index is 0.00000196. The molecule has 5 heteroatoms. The molecule has 1 aliphatic carbocycles. The molecule has 142 valence electrons. The third-order valence-corrected chi connectivity index (χ3v) is 6.02. The molecule has 0 bridgehead atoms. The smallest absolute Gasteiger partial charge is 0.0638 e. The summed E-state index contributed by atoms with van der Waals surface area (Å²) in [5.41, 5.74) is 5.89. The van der Waals surface area contributed by atoms with Crippen molar-refractivity contribution in [2.24, 2.45) is 7.05 Å². The van der Waals surface area contributed by atoms with E-state index in [-0.39, 0.29) is 12.4 Å². The Morgan fingerprint density at radius 1 is 0.962 bits per heavy atom. The first-order chi connectivity index (χ1) is 12.0. The SMILES string of the molecule is Cc1ccc(C2(CN3CCN(Cc4cn(C)nc4C)CC3)CC2)cc1.Cl. The molecule has 4 nitrogen and oxygen atoms in total. The van der Waals surface area contributed by atoms with Gasteiger partial charge in [-0.2, -0.15) is 5.10 Å². The van der Waals surface area contributed by atoms with Crippen molar-refractivity contribution >= 4 is 12.4 Å². The second kappa shape index (κ2) is 7.71. The summed E-state index contributed by atoms with van der Waals surface area (Å²) >= 11 is 0. The van der Waals surface area contributed by atoms with E-state index in [4.69, 9.17) is 0 Å². The molecule has 1 aliphatic heterocycles. The van der Waals surface area contributed by atoms with Crippen LogP contribution in [0.1, 0.15) is 35.2 Å². The number of aromatic nitrogens is 2. The molecule has 1 saturated heterocycles. The van der Waals surface area contributed by atoms with Crippen molar-refractivity contribution in [2.45, 2.75) is 38.6 Å². The molecule has 2 aliphatic rings. The zero-order valence-corrected chi connectivity index (χ0v) is 17.1. The van der Waals surface area contributed by atoms with Crippen LogP contribution >= 0.6 is 12.4 Å². The highest BCUT2D eigenvalue weighted by molar-refractivity contribution is 5.85. The van der Waals surface area contributed by atoms with Crippen molar-refractivity contribution < 1.29 is 0 Å². The Bertz CT molecular complexity index is 725. The lowest BCUT2D eigenvalue weighted by atomic mass is 9.94. The quantitative estimate of drug-likeness (QED) is 0.802. The van der Waals surface area contributed by atoms with Crippen LogP contribution in [0.25, 0.3) is 0 Å². The van der Waals surface area contributed by atoms with E-state index in [0.717, 1.165) is 19.6 Å². The molecular formula is C21H31ClN4. The van der Waals surface area contributed by atoms with Crippen molar-refractivity contribution in [1.29, 1.82) is 0 Å². The van der Waals surface area contributed by atoms with Gasteiger partial charge in [-0.25, -0.2) is 0 Å². The summed E-state index contributed by atoms with van der Waals surface area (Å²) in [5.74, 6) is 0. The van der Waals surface area contributed by atoms with Crippen molar-refractivity contribution in [2.75, 3.05) is 32.7 Å². The lowest BCUT2D eigenvalue weighted by Gasteiger charge is -2.36. The first-order valence-electron chi connectivity index (χ1n) is 9.55. The molecule has 0 radical (unpaired) electrons. The molecule has 0 unspecified atom stereocenters. The molecule has 26 heavy (non-hydrogen) atoms. The monoisotopic (exact) mass is 374 g/mol. The van der Waals surface area contributed by atoms with Gasteiger partial charge in [0.15, 0.2) is 0 Å². The van der Waals surface area contributed by atoms with E-state index in [1.165, 1.54) is 49.3 Å². The van der Waals surface area contributed by atoms with Crippen LogP contribution in [-0.2, 0) is 19.0 Å². The molecule has 0 N–H and O–H groups in total. The molecule has 1 aromatic heterocycles. The molecule has 0 spiro atoms. The fourth-order valence-electron chi connectivity index (χ4n) is 4.17. The highest BCUT2D eigenvalue weighted by Crippen LogP contribution is 2.48. The van der Waals surface area contributed by atoms with E-state index >= 15 is 0 Å². The number of rotatable bonds is 5. The summed E-state index contributed by atoms with van der Waals surface area (Å²) in [4.78, 5) is 5.26. The predicted octanol–water partition coefficient (Wildman–Crippen LogP) is 3.31. The van der Waals surface area contributed by atoms with Gasteiger partial charge in [-0.1, -0.05) is 29.8 Å². The molecule has 0 atom stereocenters. The normalized spacial score (nSPS) is 20.0. The molecule has 2 fully saturated rings. The Hall–Kier alpha value is -1.36. The van der Waals surface area contributed by atoms with Gasteiger partial charge in [0.05, 0.1) is 5.69 Å². The highest BCUT2D eigenvalue weighted by atomic mass is 35.5. The zero-order chi connectivity index (χ0) is 17.4. The van der Waals surface area contributed by atoms with E-state index < -0.39 is 0 Å². The number of aryl methyl sites for hydroxylation is 3. The van der Waals surface area contributed by atoms with Gasteiger partial charge < -0.3 is 0 Å². The maximum atomic E-state index is 4.47. The number of hydrogen-bond acceptors (Lipinski definition) is 3. The van der Waals surface area contributed by atoms with Crippen LogP contribution in [0.4, 0.5) is 0 Å². The van der Waals surface area contributed by atoms with Crippen LogP contribution in [0, 0.1) is 13.8 Å². The number of piperazine rings is 1. The number of benzene rings is 1. The van der Waals surface area contributed by atoms with Crippen LogP contribution in [0.15, 0.2) is 30.5 Å². The van der Waals surface area contributed by atoms with Crippen molar-refractivity contribution in [3.8, 4) is 0 Å². The van der Waals surface area contributed by atoms with Crippen molar-refractivity contribution in [3.63, 3.8) is 0 Å². The van der Waals surface area contributed by atoms with Crippen LogP contribution in [-0.4, -0.2) is 52.3 Å². The summed E-state index contributed by atoms with van der Waals surface area (Å²) < 4.78 is 1.93. The van der Waals surface area contributed by atoms with Gasteiger partial charge in [-0.3, -0.25) is 14.5 Å². The molecule has 2 heterocycles. The topological polar surface area (TPSA) is 24.3 Å². The molecule has 4 rings (SSSR count). The van der Waals surface area contributed by atoms with Gasteiger partial charge in [0.2, 0.25) is 0 Å². The van der Waals surface area contributed by atoms with Gasteiger partial charge in [0, 0.05) is 63.5 Å². The second-order valence-electron chi connectivity index (χ2n) is 8.11. The minimum absolute atomic E-state index is 0. The van der Waals surface area contributed by atoms with Crippen LogP contribution < -0.4 is 0 Å². The predicted molar refractivity (Wildman–Crippen MR) is 109 cm³/mol. The summed E-state index contributed by atoms with van der Waals surface area (Å²) in [5, 5.41) is 4.47. The fraction of sp³-hybridized carbons (Fsp3) is 0.571. The minimum Gasteiger partial charge on any atom is -0.300 e. The largest absolute Gasteiger partial charge is 0.300 e. The number of hydrogen-bond donors (Lipinski definition) is 0. The van der Waals surface area contributed by atoms with Gasteiger partial charge in [0.1, 0.15) is 0 Å². The van der Waals surface area contributed by atoms with Gasteiger partial charge >= 0.3 is 0 Å². The Morgan fingerprint density at radius 2 is 1.58 bits per heavy atom. The summed E-state index contributed by atoms with van der Waals surface area (Å²) in [6.45, 7) is 11.3. The number of nitrogens with zero attached hydrogens (tertiary/aromatic N) is 4. The average molecular weight is 375 g/mol. The Morgan fingerprint density at radius 3 is 2.12 bits per heavy atom. The van der Waals surface area contributed by atoms with E-state index in [0.29, 0.717) is 5.41 Å². The van der Waals surface area contributed by atoms with E-state index in [9.17, 15) is 0 Å². The zero-order valence-electron chi connectivity index (χ0n) is 16.2. The van der Waals surface area contributed by atoms with E-state index in [1.807, 2.05) is 11.7 Å². The third kappa shape index (κ3) is 4.13. The van der Waals surface area contributed by atoms with Crippen molar-refractivity contribution in [1.82, 2.24) is 19.6 Å². The van der Waals surface area contributed by atoms with Gasteiger partial charge in [-0.05, 0) is 32.3 Å². The average Bonchev–Trinajstić information content (AvgIpc) is 3.30. The molecule has 1 aromatic carbocycles. The lowest BCUT2D eigenvalue weighted by Crippen LogP contribution is -2.48. The second-order valence-corrected chi connectivity index (χ2v) is 8.11. The summed E-state index contributed by atoms with van der Waals surface area (Å²) in [6, 6.07) is 9.24. The number of halogens is 1. The van der Waals surface area contributed by atoms with Crippen molar-refractivity contribution in [3.05, 3.63) is 52.8 Å².